The number of amides is 1. The van der Waals surface area contributed by atoms with Crippen molar-refractivity contribution in [2.45, 2.75) is 6.42 Å². The van der Waals surface area contributed by atoms with Gasteiger partial charge in [-0.05, 0) is 66.1 Å². The van der Waals surface area contributed by atoms with Crippen molar-refractivity contribution in [3.8, 4) is 40.1 Å². The molecule has 0 saturated heterocycles. The third kappa shape index (κ3) is 5.22. The summed E-state index contributed by atoms with van der Waals surface area (Å²) < 4.78 is 22.3. The first-order chi connectivity index (χ1) is 17.4. The monoisotopic (exact) mass is 489 g/mol. The molecule has 0 fully saturated rings. The van der Waals surface area contributed by atoms with Crippen LogP contribution in [0.2, 0.25) is 0 Å². The molecule has 0 radical (unpaired) electrons. The number of benzene rings is 3. The molecule has 3 N–H and O–H groups in total. The molecule has 1 amide bonds. The molecule has 1 heterocycles. The van der Waals surface area contributed by atoms with E-state index in [1.165, 1.54) is 18.2 Å². The van der Waals surface area contributed by atoms with E-state index in [1.54, 1.807) is 39.5 Å². The van der Waals surface area contributed by atoms with Crippen LogP contribution in [0.15, 0.2) is 65.1 Å². The van der Waals surface area contributed by atoms with Gasteiger partial charge >= 0.3 is 0 Å². The van der Waals surface area contributed by atoms with E-state index in [2.05, 4.69) is 5.32 Å². The molecular formula is C28H27NO7. The maximum Gasteiger partial charge on any atom is 0.244 e. The number of phenolic OH excluding ortho intramolecular Hbond substituents is 2. The molecule has 0 atom stereocenters. The Morgan fingerprint density at radius 1 is 0.889 bits per heavy atom. The summed E-state index contributed by atoms with van der Waals surface area (Å²) in [5.41, 5.74) is 2.96. The Hall–Kier alpha value is -4.59. The third-order valence-electron chi connectivity index (χ3n) is 5.74. The Kier molecular flexibility index (Phi) is 7.34. The molecule has 0 aliphatic carbocycles. The molecule has 1 aromatic heterocycles. The van der Waals surface area contributed by atoms with Crippen LogP contribution in [-0.4, -0.2) is 44.0 Å². The summed E-state index contributed by atoms with van der Waals surface area (Å²) in [6, 6.07) is 15.7. The highest BCUT2D eigenvalue weighted by molar-refractivity contribution is 5.98. The lowest BCUT2D eigenvalue weighted by atomic mass is 10.1. The summed E-state index contributed by atoms with van der Waals surface area (Å²) in [6.07, 6.45) is 3.69. The highest BCUT2D eigenvalue weighted by atomic mass is 16.5. The fourth-order valence-corrected chi connectivity index (χ4v) is 3.84. The Morgan fingerprint density at radius 3 is 2.36 bits per heavy atom. The van der Waals surface area contributed by atoms with E-state index in [-0.39, 0.29) is 17.4 Å². The first kappa shape index (κ1) is 24.5. The van der Waals surface area contributed by atoms with Crippen molar-refractivity contribution in [2.24, 2.45) is 0 Å². The van der Waals surface area contributed by atoms with E-state index in [1.807, 2.05) is 30.3 Å². The van der Waals surface area contributed by atoms with Crippen molar-refractivity contribution >= 4 is 23.0 Å². The molecular weight excluding hydrogens is 462 g/mol. The second kappa shape index (κ2) is 10.8. The Labute approximate surface area is 208 Å². The predicted molar refractivity (Wildman–Crippen MR) is 137 cm³/mol. The second-order valence-electron chi connectivity index (χ2n) is 7.98. The quantitative estimate of drug-likeness (QED) is 0.226. The Balaban J connectivity index is 1.53. The Bertz CT molecular complexity index is 1420. The number of carbonyl (C=O) groups excluding carboxylic acids is 1. The largest absolute Gasteiger partial charge is 0.504 e. The molecule has 0 bridgehead atoms. The minimum atomic E-state index is -0.259. The summed E-state index contributed by atoms with van der Waals surface area (Å²) >= 11 is 0. The summed E-state index contributed by atoms with van der Waals surface area (Å²) in [7, 11) is 4.73. The minimum Gasteiger partial charge on any atom is -0.504 e. The standard InChI is InChI=1S/C28H27NO7/c1-33-23-9-6-19(15-26(23)35-3)25-16-20-18(5-10-24(34-2)28(20)36-25)7-11-27(32)29-13-12-17-4-8-21(30)22(31)14-17/h4-11,14-16,30-31H,12-13H2,1-3H3,(H,29,32)/b11-7+. The molecule has 0 aliphatic heterocycles. The smallest absolute Gasteiger partial charge is 0.244 e. The number of furan rings is 1. The number of fused-ring (bicyclic) bond motifs is 1. The van der Waals surface area contributed by atoms with Crippen molar-refractivity contribution in [2.75, 3.05) is 27.9 Å². The van der Waals surface area contributed by atoms with Crippen LogP contribution in [0.3, 0.4) is 0 Å². The number of nitrogens with one attached hydrogen (secondary N) is 1. The fourth-order valence-electron chi connectivity index (χ4n) is 3.84. The second-order valence-corrected chi connectivity index (χ2v) is 7.98. The summed E-state index contributed by atoms with van der Waals surface area (Å²) in [5.74, 6) is 1.78. The molecule has 36 heavy (non-hydrogen) atoms. The number of phenols is 2. The zero-order valence-corrected chi connectivity index (χ0v) is 20.2. The highest BCUT2D eigenvalue weighted by Crippen LogP contribution is 2.38. The zero-order chi connectivity index (χ0) is 25.7. The van der Waals surface area contributed by atoms with Crippen LogP contribution in [0, 0.1) is 0 Å². The number of carbonyl (C=O) groups is 1. The van der Waals surface area contributed by atoms with E-state index in [4.69, 9.17) is 18.6 Å². The lowest BCUT2D eigenvalue weighted by Crippen LogP contribution is -2.23. The van der Waals surface area contributed by atoms with Gasteiger partial charge in [-0.25, -0.2) is 0 Å². The van der Waals surface area contributed by atoms with Gasteiger partial charge in [-0.15, -0.1) is 0 Å². The molecule has 4 aromatic rings. The van der Waals surface area contributed by atoms with Gasteiger partial charge in [-0.2, -0.15) is 0 Å². The van der Waals surface area contributed by atoms with Crippen molar-refractivity contribution < 1.29 is 33.6 Å². The van der Waals surface area contributed by atoms with Gasteiger partial charge in [-0.1, -0.05) is 12.1 Å². The van der Waals surface area contributed by atoms with E-state index >= 15 is 0 Å². The van der Waals surface area contributed by atoms with E-state index in [0.29, 0.717) is 41.6 Å². The zero-order valence-electron chi connectivity index (χ0n) is 20.2. The Morgan fingerprint density at radius 2 is 1.64 bits per heavy atom. The van der Waals surface area contributed by atoms with Gasteiger partial charge < -0.3 is 34.2 Å². The molecule has 8 nitrogen and oxygen atoms in total. The number of rotatable bonds is 9. The topological polar surface area (TPSA) is 110 Å². The van der Waals surface area contributed by atoms with Gasteiger partial charge in [-0.3, -0.25) is 4.79 Å². The maximum atomic E-state index is 12.4. The van der Waals surface area contributed by atoms with Crippen LogP contribution >= 0.6 is 0 Å². The van der Waals surface area contributed by atoms with Crippen LogP contribution in [0.1, 0.15) is 11.1 Å². The van der Waals surface area contributed by atoms with E-state index < -0.39 is 0 Å². The minimum absolute atomic E-state index is 0.176. The van der Waals surface area contributed by atoms with Crippen LogP contribution in [-0.2, 0) is 11.2 Å². The number of ether oxygens (including phenoxy) is 3. The number of hydrogen-bond acceptors (Lipinski definition) is 7. The van der Waals surface area contributed by atoms with Crippen LogP contribution in [0.5, 0.6) is 28.7 Å². The van der Waals surface area contributed by atoms with Crippen molar-refractivity contribution in [3.63, 3.8) is 0 Å². The van der Waals surface area contributed by atoms with E-state index in [9.17, 15) is 15.0 Å². The number of methoxy groups -OCH3 is 3. The summed E-state index contributed by atoms with van der Waals surface area (Å²) in [6.45, 7) is 0.376. The molecule has 0 saturated carbocycles. The third-order valence-corrected chi connectivity index (χ3v) is 5.74. The predicted octanol–water partition coefficient (Wildman–Crippen LogP) is 4.91. The average Bonchev–Trinajstić information content (AvgIpc) is 3.34. The molecule has 0 spiro atoms. The molecule has 186 valence electrons. The number of hydrogen-bond donors (Lipinski definition) is 3. The van der Waals surface area contributed by atoms with E-state index in [0.717, 1.165) is 22.1 Å². The SMILES string of the molecule is COc1ccc(-c2cc3c(/C=C/C(=O)NCCc4ccc(O)c(O)c4)ccc(OC)c3o2)cc1OC. The lowest BCUT2D eigenvalue weighted by Gasteiger charge is -2.08. The number of aromatic hydroxyl groups is 2. The van der Waals surface area contributed by atoms with Crippen molar-refractivity contribution in [1.29, 1.82) is 0 Å². The normalized spacial score (nSPS) is 11.1. The van der Waals surface area contributed by atoms with Gasteiger partial charge in [0.2, 0.25) is 5.91 Å². The summed E-state index contributed by atoms with van der Waals surface area (Å²) in [4.78, 5) is 12.4. The first-order valence-electron chi connectivity index (χ1n) is 11.2. The fraction of sp³-hybridized carbons (Fsp3) is 0.179. The van der Waals surface area contributed by atoms with Crippen molar-refractivity contribution in [1.82, 2.24) is 5.32 Å². The molecule has 0 unspecified atom stereocenters. The lowest BCUT2D eigenvalue weighted by molar-refractivity contribution is -0.116. The van der Waals surface area contributed by atoms with Gasteiger partial charge in [0, 0.05) is 23.6 Å². The first-order valence-corrected chi connectivity index (χ1v) is 11.2. The summed E-state index contributed by atoms with van der Waals surface area (Å²) in [5, 5.41) is 22.6. The molecule has 4 rings (SSSR count). The van der Waals surface area contributed by atoms with Gasteiger partial charge in [0.05, 0.1) is 21.3 Å². The maximum absolute atomic E-state index is 12.4. The highest BCUT2D eigenvalue weighted by Gasteiger charge is 2.15. The van der Waals surface area contributed by atoms with Crippen LogP contribution in [0.25, 0.3) is 28.4 Å². The van der Waals surface area contributed by atoms with Crippen LogP contribution in [0.4, 0.5) is 0 Å². The average molecular weight is 490 g/mol. The van der Waals surface area contributed by atoms with Gasteiger partial charge in [0.15, 0.2) is 34.3 Å². The van der Waals surface area contributed by atoms with Crippen molar-refractivity contribution in [3.05, 3.63) is 71.8 Å². The molecule has 8 heteroatoms. The van der Waals surface area contributed by atoms with Gasteiger partial charge in [0.25, 0.3) is 0 Å². The molecule has 3 aromatic carbocycles. The van der Waals surface area contributed by atoms with Gasteiger partial charge in [0.1, 0.15) is 5.76 Å². The van der Waals surface area contributed by atoms with Crippen LogP contribution < -0.4 is 19.5 Å². The molecule has 0 aliphatic rings.